The third kappa shape index (κ3) is 2.45. The van der Waals surface area contributed by atoms with Crippen LogP contribution in [0.1, 0.15) is 0 Å². The van der Waals surface area contributed by atoms with E-state index in [1.165, 1.54) is 13.2 Å². The Hall–Kier alpha value is -2.82. The first-order valence-corrected chi connectivity index (χ1v) is 6.27. The van der Waals surface area contributed by atoms with Crippen molar-refractivity contribution in [1.82, 2.24) is 4.98 Å². The zero-order valence-electron chi connectivity index (χ0n) is 11.2. The molecule has 3 aromatic rings. The number of aromatic nitrogens is 1. The number of phenols is 1. The van der Waals surface area contributed by atoms with Crippen molar-refractivity contribution in [3.63, 3.8) is 0 Å². The highest BCUT2D eigenvalue weighted by Gasteiger charge is 2.15. The van der Waals surface area contributed by atoms with E-state index >= 15 is 0 Å². The van der Waals surface area contributed by atoms with Crippen molar-refractivity contribution in [1.29, 1.82) is 0 Å². The quantitative estimate of drug-likeness (QED) is 0.793. The van der Waals surface area contributed by atoms with E-state index in [9.17, 15) is 9.50 Å². The van der Waals surface area contributed by atoms with Gasteiger partial charge in [-0.2, -0.15) is 0 Å². The van der Waals surface area contributed by atoms with Crippen molar-refractivity contribution in [2.45, 2.75) is 0 Å². The second-order valence-electron chi connectivity index (χ2n) is 4.40. The lowest BCUT2D eigenvalue weighted by molar-refractivity contribution is 0.357. The van der Waals surface area contributed by atoms with Crippen LogP contribution in [0.3, 0.4) is 0 Å². The van der Waals surface area contributed by atoms with E-state index in [1.807, 2.05) is 30.3 Å². The van der Waals surface area contributed by atoms with E-state index in [1.54, 1.807) is 6.20 Å². The minimum atomic E-state index is -0.788. The van der Waals surface area contributed by atoms with Gasteiger partial charge in [0.05, 0.1) is 13.3 Å². The van der Waals surface area contributed by atoms with Gasteiger partial charge < -0.3 is 14.3 Å². The molecule has 2 aromatic carbocycles. The molecule has 0 bridgehead atoms. The Bertz CT molecular complexity index is 768. The van der Waals surface area contributed by atoms with E-state index in [0.29, 0.717) is 11.3 Å². The van der Waals surface area contributed by atoms with Crippen molar-refractivity contribution < 1.29 is 18.7 Å². The maximum atomic E-state index is 13.6. The van der Waals surface area contributed by atoms with Gasteiger partial charge in [0.25, 0.3) is 0 Å². The molecule has 0 atom stereocenters. The molecule has 0 aliphatic heterocycles. The molecular formula is C16H12FNO3. The smallest absolute Gasteiger partial charge is 0.226 e. The summed E-state index contributed by atoms with van der Waals surface area (Å²) in [5.74, 6) is -0.450. The van der Waals surface area contributed by atoms with E-state index in [-0.39, 0.29) is 11.6 Å². The predicted molar refractivity (Wildman–Crippen MR) is 75.5 cm³/mol. The number of phenolic OH excluding ortho intramolecular Hbond substituents is 1. The number of nitrogens with zero attached hydrogens (tertiary/aromatic N) is 1. The number of halogens is 1. The number of hydrogen-bond donors (Lipinski definition) is 1. The summed E-state index contributed by atoms with van der Waals surface area (Å²) in [4.78, 5) is 4.14. The Labute approximate surface area is 120 Å². The van der Waals surface area contributed by atoms with Crippen molar-refractivity contribution in [3.8, 4) is 34.3 Å². The van der Waals surface area contributed by atoms with Crippen LogP contribution in [-0.4, -0.2) is 17.2 Å². The Morgan fingerprint density at radius 2 is 1.90 bits per heavy atom. The van der Waals surface area contributed by atoms with E-state index in [2.05, 4.69) is 4.98 Å². The van der Waals surface area contributed by atoms with Gasteiger partial charge >= 0.3 is 0 Å². The highest BCUT2D eigenvalue weighted by atomic mass is 19.1. The number of methoxy groups -OCH3 is 1. The first-order valence-electron chi connectivity index (χ1n) is 6.27. The molecule has 21 heavy (non-hydrogen) atoms. The summed E-state index contributed by atoms with van der Waals surface area (Å²) in [5, 5.41) is 9.50. The molecular weight excluding hydrogens is 273 g/mol. The third-order valence-corrected chi connectivity index (χ3v) is 3.06. The zero-order valence-corrected chi connectivity index (χ0v) is 11.2. The second kappa shape index (κ2) is 5.28. The number of rotatable bonds is 3. The molecule has 1 aromatic heterocycles. The topological polar surface area (TPSA) is 55.5 Å². The van der Waals surface area contributed by atoms with Crippen LogP contribution in [0.5, 0.6) is 11.5 Å². The van der Waals surface area contributed by atoms with E-state index < -0.39 is 11.6 Å². The molecule has 0 saturated carbocycles. The van der Waals surface area contributed by atoms with Gasteiger partial charge in [-0.1, -0.05) is 30.3 Å². The Morgan fingerprint density at radius 1 is 1.14 bits per heavy atom. The van der Waals surface area contributed by atoms with Crippen LogP contribution in [0.2, 0.25) is 0 Å². The van der Waals surface area contributed by atoms with Crippen molar-refractivity contribution >= 4 is 0 Å². The molecule has 1 N–H and O–H groups in total. The van der Waals surface area contributed by atoms with Crippen LogP contribution >= 0.6 is 0 Å². The summed E-state index contributed by atoms with van der Waals surface area (Å²) in [5.41, 5.74) is 1.27. The third-order valence-electron chi connectivity index (χ3n) is 3.06. The lowest BCUT2D eigenvalue weighted by Gasteiger charge is -2.05. The van der Waals surface area contributed by atoms with E-state index in [0.717, 1.165) is 11.6 Å². The average molecular weight is 285 g/mol. The summed E-state index contributed by atoms with van der Waals surface area (Å²) in [7, 11) is 1.35. The van der Waals surface area contributed by atoms with Crippen LogP contribution < -0.4 is 4.74 Å². The number of hydrogen-bond acceptors (Lipinski definition) is 4. The maximum Gasteiger partial charge on any atom is 0.226 e. The minimum Gasteiger partial charge on any atom is -0.502 e. The molecule has 5 heteroatoms. The standard InChI is InChI=1S/C16H12FNO3/c1-20-13-8-11(7-12(17)15(13)19)16-18-9-14(21-16)10-5-3-2-4-6-10/h2-9,19H,1H3. The van der Waals surface area contributed by atoms with Crippen molar-refractivity contribution in [2.24, 2.45) is 0 Å². The zero-order chi connectivity index (χ0) is 14.8. The fraction of sp³-hybridized carbons (Fsp3) is 0.0625. The van der Waals surface area contributed by atoms with Gasteiger partial charge in [-0.15, -0.1) is 0 Å². The van der Waals surface area contributed by atoms with Gasteiger partial charge in [0, 0.05) is 11.1 Å². The molecule has 0 spiro atoms. The lowest BCUT2D eigenvalue weighted by Crippen LogP contribution is -1.88. The highest BCUT2D eigenvalue weighted by molar-refractivity contribution is 5.63. The van der Waals surface area contributed by atoms with Crippen molar-refractivity contribution in [2.75, 3.05) is 7.11 Å². The summed E-state index contributed by atoms with van der Waals surface area (Å²) in [6.45, 7) is 0. The molecule has 0 amide bonds. The Kier molecular flexibility index (Phi) is 3.31. The van der Waals surface area contributed by atoms with Crippen LogP contribution in [0.4, 0.5) is 4.39 Å². The van der Waals surface area contributed by atoms with E-state index in [4.69, 9.17) is 9.15 Å². The summed E-state index contributed by atoms with van der Waals surface area (Å²) >= 11 is 0. The maximum absolute atomic E-state index is 13.6. The molecule has 0 aliphatic carbocycles. The van der Waals surface area contributed by atoms with Gasteiger partial charge in [-0.25, -0.2) is 9.37 Å². The highest BCUT2D eigenvalue weighted by Crippen LogP contribution is 2.35. The minimum absolute atomic E-state index is 0.0319. The fourth-order valence-electron chi connectivity index (χ4n) is 2.00. The Morgan fingerprint density at radius 3 is 2.62 bits per heavy atom. The Balaban J connectivity index is 2.03. The number of aromatic hydroxyl groups is 1. The molecule has 0 saturated heterocycles. The van der Waals surface area contributed by atoms with Crippen LogP contribution in [-0.2, 0) is 0 Å². The van der Waals surface area contributed by atoms with Crippen molar-refractivity contribution in [3.05, 3.63) is 54.5 Å². The first kappa shape index (κ1) is 13.2. The second-order valence-corrected chi connectivity index (χ2v) is 4.40. The molecule has 0 radical (unpaired) electrons. The molecule has 3 rings (SSSR count). The number of benzene rings is 2. The van der Waals surface area contributed by atoms with Gasteiger partial charge in [-0.3, -0.25) is 0 Å². The largest absolute Gasteiger partial charge is 0.502 e. The molecule has 4 nitrogen and oxygen atoms in total. The fourth-order valence-corrected chi connectivity index (χ4v) is 2.00. The lowest BCUT2D eigenvalue weighted by atomic mass is 10.2. The normalized spacial score (nSPS) is 10.6. The summed E-state index contributed by atoms with van der Waals surface area (Å²) in [6.07, 6.45) is 1.57. The molecule has 0 fully saturated rings. The van der Waals surface area contributed by atoms with Crippen LogP contribution in [0, 0.1) is 5.82 Å². The van der Waals surface area contributed by atoms with Crippen LogP contribution in [0.15, 0.2) is 53.1 Å². The number of ether oxygens (including phenoxy) is 1. The van der Waals surface area contributed by atoms with Crippen LogP contribution in [0.25, 0.3) is 22.8 Å². The van der Waals surface area contributed by atoms with Gasteiger partial charge in [-0.05, 0) is 12.1 Å². The molecule has 1 heterocycles. The summed E-state index contributed by atoms with van der Waals surface area (Å²) in [6, 6.07) is 12.1. The first-order chi connectivity index (χ1) is 10.2. The molecule has 0 aliphatic rings. The monoisotopic (exact) mass is 285 g/mol. The predicted octanol–water partition coefficient (Wildman–Crippen LogP) is 3.86. The molecule has 0 unspecified atom stereocenters. The summed E-state index contributed by atoms with van der Waals surface area (Å²) < 4.78 is 24.2. The number of oxazole rings is 1. The van der Waals surface area contributed by atoms with Gasteiger partial charge in [0.15, 0.2) is 23.1 Å². The van der Waals surface area contributed by atoms with Gasteiger partial charge in [0.2, 0.25) is 5.89 Å². The average Bonchev–Trinajstić information content (AvgIpc) is 3.00. The van der Waals surface area contributed by atoms with Gasteiger partial charge in [0.1, 0.15) is 0 Å². The molecule has 106 valence electrons. The SMILES string of the molecule is COc1cc(-c2ncc(-c3ccccc3)o2)cc(F)c1O.